The fourth-order valence-electron chi connectivity index (χ4n) is 2.66. The first-order valence-corrected chi connectivity index (χ1v) is 7.06. The second-order valence-electron chi connectivity index (χ2n) is 5.58. The molecule has 0 spiro atoms. The van der Waals surface area contributed by atoms with E-state index in [-0.39, 0.29) is 24.3 Å². The highest BCUT2D eigenvalue weighted by atomic mass is 16.6. The summed E-state index contributed by atoms with van der Waals surface area (Å²) in [6, 6.07) is 3.44. The highest BCUT2D eigenvalue weighted by Crippen LogP contribution is 2.35. The number of hydrogen-bond donors (Lipinski definition) is 1. The van der Waals surface area contributed by atoms with Gasteiger partial charge in [-0.25, -0.2) is 0 Å². The van der Waals surface area contributed by atoms with Gasteiger partial charge in [0.15, 0.2) is 11.5 Å². The third-order valence-corrected chi connectivity index (χ3v) is 3.78. The summed E-state index contributed by atoms with van der Waals surface area (Å²) in [5, 5.41) is 0. The number of nitrogen functional groups attached to an aromatic ring is 1. The molecule has 6 heteroatoms. The molecule has 2 amide bonds. The molecule has 6 nitrogen and oxygen atoms in total. The molecule has 2 N–H and O–H groups in total. The van der Waals surface area contributed by atoms with Crippen LogP contribution in [0.3, 0.4) is 0 Å². The van der Waals surface area contributed by atoms with E-state index in [4.69, 9.17) is 15.2 Å². The summed E-state index contributed by atoms with van der Waals surface area (Å²) >= 11 is 0. The van der Waals surface area contributed by atoms with Crippen molar-refractivity contribution in [3.63, 3.8) is 0 Å². The van der Waals surface area contributed by atoms with Gasteiger partial charge in [0.05, 0.1) is 6.54 Å². The van der Waals surface area contributed by atoms with Crippen LogP contribution in [0.4, 0.5) is 5.69 Å². The highest BCUT2D eigenvalue weighted by molar-refractivity contribution is 5.97. The third kappa shape index (κ3) is 2.66. The summed E-state index contributed by atoms with van der Waals surface area (Å²) < 4.78 is 11.0. The normalized spacial score (nSPS) is 19.0. The van der Waals surface area contributed by atoms with Crippen molar-refractivity contribution >= 4 is 17.5 Å². The molecule has 0 saturated carbocycles. The van der Waals surface area contributed by atoms with E-state index < -0.39 is 0 Å². The van der Waals surface area contributed by atoms with Crippen molar-refractivity contribution in [2.75, 3.05) is 18.9 Å². The van der Waals surface area contributed by atoms with Crippen LogP contribution in [0.5, 0.6) is 11.5 Å². The van der Waals surface area contributed by atoms with Crippen molar-refractivity contribution in [3.8, 4) is 11.5 Å². The van der Waals surface area contributed by atoms with Crippen molar-refractivity contribution in [2.45, 2.75) is 26.3 Å². The maximum absolute atomic E-state index is 12.0. The summed E-state index contributed by atoms with van der Waals surface area (Å²) in [4.78, 5) is 25.3. The zero-order valence-electron chi connectivity index (χ0n) is 11.9. The van der Waals surface area contributed by atoms with Crippen molar-refractivity contribution < 1.29 is 19.1 Å². The van der Waals surface area contributed by atoms with Gasteiger partial charge in [-0.2, -0.15) is 0 Å². The Balaban J connectivity index is 1.84. The minimum Gasteiger partial charge on any atom is -0.486 e. The zero-order chi connectivity index (χ0) is 15.0. The zero-order valence-corrected chi connectivity index (χ0v) is 11.9. The number of amides is 2. The second-order valence-corrected chi connectivity index (χ2v) is 5.58. The van der Waals surface area contributed by atoms with Crippen LogP contribution < -0.4 is 15.2 Å². The van der Waals surface area contributed by atoms with Crippen LogP contribution in [0.25, 0.3) is 0 Å². The van der Waals surface area contributed by atoms with Crippen molar-refractivity contribution in [1.29, 1.82) is 0 Å². The van der Waals surface area contributed by atoms with Gasteiger partial charge in [0.2, 0.25) is 11.8 Å². The van der Waals surface area contributed by atoms with Crippen LogP contribution in [-0.2, 0) is 16.1 Å². The van der Waals surface area contributed by atoms with Crippen molar-refractivity contribution in [1.82, 2.24) is 4.90 Å². The number of nitrogens with two attached hydrogens (primary N) is 1. The van der Waals surface area contributed by atoms with Gasteiger partial charge < -0.3 is 15.2 Å². The Morgan fingerprint density at radius 1 is 1.14 bits per heavy atom. The molecule has 0 bridgehead atoms. The SMILES string of the molecule is CC1CC(=O)N(Cc2cc3c(cc2N)OCCO3)C(=O)C1. The number of carbonyl (C=O) groups is 2. The molecule has 3 rings (SSSR count). The van der Waals surface area contributed by atoms with Gasteiger partial charge in [-0.1, -0.05) is 6.92 Å². The molecular weight excluding hydrogens is 272 g/mol. The summed E-state index contributed by atoms with van der Waals surface area (Å²) in [5.74, 6) is 1.03. The minimum absolute atomic E-state index is 0.110. The molecule has 0 radical (unpaired) electrons. The molecule has 1 saturated heterocycles. The number of nitrogens with zero attached hydrogens (tertiary/aromatic N) is 1. The molecule has 0 unspecified atom stereocenters. The number of hydrogen-bond acceptors (Lipinski definition) is 5. The Labute approximate surface area is 122 Å². The Hall–Kier alpha value is -2.24. The number of likely N-dealkylation sites (tertiary alicyclic amines) is 1. The predicted molar refractivity (Wildman–Crippen MR) is 75.8 cm³/mol. The van der Waals surface area contributed by atoms with Crippen LogP contribution in [-0.4, -0.2) is 29.9 Å². The average molecular weight is 290 g/mol. The van der Waals surface area contributed by atoms with Gasteiger partial charge in [0.1, 0.15) is 13.2 Å². The fourth-order valence-corrected chi connectivity index (χ4v) is 2.66. The highest BCUT2D eigenvalue weighted by Gasteiger charge is 2.31. The van der Waals surface area contributed by atoms with Crippen molar-refractivity contribution in [3.05, 3.63) is 17.7 Å². The Kier molecular flexibility index (Phi) is 3.45. The molecule has 0 aromatic heterocycles. The minimum atomic E-state index is -0.145. The van der Waals surface area contributed by atoms with Crippen LogP contribution in [0.15, 0.2) is 12.1 Å². The van der Waals surface area contributed by atoms with E-state index in [2.05, 4.69) is 0 Å². The van der Waals surface area contributed by atoms with Gasteiger partial charge in [0, 0.05) is 24.6 Å². The van der Waals surface area contributed by atoms with Crippen LogP contribution in [0.2, 0.25) is 0 Å². The standard InChI is InChI=1S/C15H18N2O4/c1-9-4-14(18)17(15(19)5-9)8-10-6-12-13(7-11(10)16)21-3-2-20-12/h6-7,9H,2-5,8,16H2,1H3. The quantitative estimate of drug-likeness (QED) is 0.656. The summed E-state index contributed by atoms with van der Waals surface area (Å²) in [6.07, 6.45) is 0.798. The smallest absolute Gasteiger partial charge is 0.229 e. The topological polar surface area (TPSA) is 81.9 Å². The average Bonchev–Trinajstić information content (AvgIpc) is 2.43. The van der Waals surface area contributed by atoms with Crippen LogP contribution in [0, 0.1) is 5.92 Å². The van der Waals surface area contributed by atoms with Crippen LogP contribution >= 0.6 is 0 Å². The predicted octanol–water partition coefficient (Wildman–Crippen LogP) is 1.33. The van der Waals surface area contributed by atoms with Gasteiger partial charge in [-0.15, -0.1) is 0 Å². The maximum atomic E-state index is 12.0. The number of fused-ring (bicyclic) bond motifs is 1. The van der Waals surface area contributed by atoms with E-state index in [9.17, 15) is 9.59 Å². The molecule has 2 heterocycles. The Morgan fingerprint density at radius 3 is 2.33 bits per heavy atom. The third-order valence-electron chi connectivity index (χ3n) is 3.78. The van der Waals surface area contributed by atoms with Crippen LogP contribution in [0.1, 0.15) is 25.3 Å². The first kappa shape index (κ1) is 13.7. The van der Waals surface area contributed by atoms with Gasteiger partial charge >= 0.3 is 0 Å². The number of rotatable bonds is 2. The van der Waals surface area contributed by atoms with E-state index in [1.165, 1.54) is 4.90 Å². The van der Waals surface area contributed by atoms with E-state index in [1.54, 1.807) is 12.1 Å². The maximum Gasteiger partial charge on any atom is 0.229 e. The number of imide groups is 1. The molecule has 1 fully saturated rings. The van der Waals surface area contributed by atoms with E-state index in [1.807, 2.05) is 6.92 Å². The molecule has 2 aliphatic heterocycles. The monoisotopic (exact) mass is 290 g/mol. The van der Waals surface area contributed by atoms with E-state index >= 15 is 0 Å². The number of carbonyl (C=O) groups excluding carboxylic acids is 2. The molecule has 112 valence electrons. The summed E-state index contributed by atoms with van der Waals surface area (Å²) in [7, 11) is 0. The van der Waals surface area contributed by atoms with E-state index in [0.29, 0.717) is 48.8 Å². The Bertz CT molecular complexity index is 582. The lowest BCUT2D eigenvalue weighted by atomic mass is 9.97. The van der Waals surface area contributed by atoms with Gasteiger partial charge in [0.25, 0.3) is 0 Å². The molecule has 0 atom stereocenters. The fraction of sp³-hybridized carbons (Fsp3) is 0.467. The molecule has 0 aliphatic carbocycles. The second kappa shape index (κ2) is 5.27. The first-order valence-electron chi connectivity index (χ1n) is 7.06. The van der Waals surface area contributed by atoms with Gasteiger partial charge in [-0.3, -0.25) is 14.5 Å². The summed E-state index contributed by atoms with van der Waals surface area (Å²) in [6.45, 7) is 3.07. The lowest BCUT2D eigenvalue weighted by Gasteiger charge is -2.29. The Morgan fingerprint density at radius 2 is 1.71 bits per heavy atom. The number of anilines is 1. The lowest BCUT2D eigenvalue weighted by molar-refractivity contribution is -0.150. The van der Waals surface area contributed by atoms with E-state index in [0.717, 1.165) is 0 Å². The van der Waals surface area contributed by atoms with Gasteiger partial charge in [-0.05, 0) is 17.5 Å². The van der Waals surface area contributed by atoms with Crippen molar-refractivity contribution in [2.24, 2.45) is 5.92 Å². The summed E-state index contributed by atoms with van der Waals surface area (Å²) in [5.41, 5.74) is 7.20. The molecule has 1 aromatic carbocycles. The largest absolute Gasteiger partial charge is 0.486 e. The number of benzene rings is 1. The lowest BCUT2D eigenvalue weighted by Crippen LogP contribution is -2.42. The number of piperidine rings is 1. The molecule has 1 aromatic rings. The number of ether oxygens (including phenoxy) is 2. The first-order chi connectivity index (χ1) is 10.0. The molecular formula is C15H18N2O4. The molecule has 21 heavy (non-hydrogen) atoms. The molecule has 2 aliphatic rings.